The van der Waals surface area contributed by atoms with Crippen LogP contribution in [0.25, 0.3) is 0 Å². The summed E-state index contributed by atoms with van der Waals surface area (Å²) in [5.41, 5.74) is 0. The van der Waals surface area contributed by atoms with Crippen LogP contribution < -0.4 is 0 Å². The van der Waals surface area contributed by atoms with Gasteiger partial charge in [0.05, 0.1) is 0 Å². The van der Waals surface area contributed by atoms with Crippen LogP contribution in [0.3, 0.4) is 0 Å². The molecule has 0 aliphatic carbocycles. The number of carbonyl (C=O) groups is 2. The summed E-state index contributed by atoms with van der Waals surface area (Å²) in [7, 11) is 0. The van der Waals surface area contributed by atoms with E-state index < -0.39 is 0 Å². The Morgan fingerprint density at radius 2 is 0.742 bits per heavy atom. The van der Waals surface area contributed by atoms with Crippen LogP contribution in [0.1, 0.15) is 150 Å². The smallest absolute Gasteiger partial charge is 0.310 e. The normalized spacial score (nSPS) is 11.9. The highest BCUT2D eigenvalue weighted by Gasteiger charge is 2.15. The Labute approximate surface area is 192 Å². The van der Waals surface area contributed by atoms with Crippen molar-refractivity contribution in [1.82, 2.24) is 0 Å². The van der Waals surface area contributed by atoms with E-state index in [1.807, 2.05) is 13.8 Å². The number of rotatable bonds is 21. The van der Waals surface area contributed by atoms with E-state index in [2.05, 4.69) is 13.8 Å². The van der Waals surface area contributed by atoms with Gasteiger partial charge in [0.15, 0.2) is 0 Å². The lowest BCUT2D eigenvalue weighted by atomic mass is 10.1. The molecule has 0 unspecified atom stereocenters. The van der Waals surface area contributed by atoms with Crippen molar-refractivity contribution >= 4 is 11.9 Å². The first-order valence-corrected chi connectivity index (χ1v) is 13.2. The summed E-state index contributed by atoms with van der Waals surface area (Å²) in [6.07, 6.45) is 19.9. The monoisotopic (exact) mass is 438 g/mol. The summed E-state index contributed by atoms with van der Waals surface area (Å²) < 4.78 is 11.1. The van der Waals surface area contributed by atoms with Gasteiger partial charge in [0.1, 0.15) is 11.5 Å². The van der Waals surface area contributed by atoms with Gasteiger partial charge in [-0.2, -0.15) is 0 Å². The Morgan fingerprint density at radius 1 is 0.452 bits per heavy atom. The quantitative estimate of drug-likeness (QED) is 0.102. The van der Waals surface area contributed by atoms with Gasteiger partial charge < -0.3 is 9.47 Å². The molecule has 0 bridgehead atoms. The number of ether oxygens (including phenoxy) is 2. The van der Waals surface area contributed by atoms with E-state index in [1.54, 1.807) is 0 Å². The van der Waals surface area contributed by atoms with E-state index >= 15 is 0 Å². The molecule has 0 atom stereocenters. The van der Waals surface area contributed by atoms with Gasteiger partial charge in [-0.15, -0.1) is 0 Å². The number of allylic oxidation sites excluding steroid dienone is 2. The topological polar surface area (TPSA) is 52.6 Å². The Hall–Kier alpha value is -1.32. The van der Waals surface area contributed by atoms with E-state index in [-0.39, 0.29) is 11.9 Å². The molecule has 0 aromatic rings. The van der Waals surface area contributed by atoms with Crippen LogP contribution in [0.2, 0.25) is 0 Å². The molecule has 0 aliphatic rings. The summed E-state index contributed by atoms with van der Waals surface area (Å²) in [5, 5.41) is 0. The van der Waals surface area contributed by atoms with Crippen LogP contribution >= 0.6 is 0 Å². The molecule has 0 spiro atoms. The minimum Gasteiger partial charge on any atom is -0.427 e. The molecule has 4 nitrogen and oxygen atoms in total. The number of esters is 2. The third-order valence-corrected chi connectivity index (χ3v) is 5.65. The first-order chi connectivity index (χ1) is 15.1. The maximum atomic E-state index is 12.2. The van der Waals surface area contributed by atoms with Crippen LogP contribution in [0.4, 0.5) is 0 Å². The fraction of sp³-hybridized carbons (Fsp3) is 0.852. The van der Waals surface area contributed by atoms with Crippen LogP contribution in [0, 0.1) is 0 Å². The van der Waals surface area contributed by atoms with Crippen molar-refractivity contribution in [3.63, 3.8) is 0 Å². The standard InChI is InChI=1S/C27H50O4/c1-5-9-11-13-14-15-16-17-19-21-23-27(29)31-25(8-4)24(7-3)30-26(28)22-20-18-12-10-6-2/h5-23H2,1-4H3/b25-24-. The maximum absolute atomic E-state index is 12.2. The summed E-state index contributed by atoms with van der Waals surface area (Å²) in [5.74, 6) is 0.597. The van der Waals surface area contributed by atoms with E-state index in [9.17, 15) is 9.59 Å². The molecule has 0 rings (SSSR count). The Balaban J connectivity index is 4.10. The Bertz CT molecular complexity index is 482. The second-order valence-electron chi connectivity index (χ2n) is 8.60. The van der Waals surface area contributed by atoms with E-state index in [0.29, 0.717) is 37.2 Å². The Kier molecular flexibility index (Phi) is 21.0. The molecule has 0 aliphatic heterocycles. The molecule has 0 heterocycles. The summed E-state index contributed by atoms with van der Waals surface area (Å²) >= 11 is 0. The van der Waals surface area contributed by atoms with Crippen LogP contribution in [0.5, 0.6) is 0 Å². The predicted octanol–water partition coefficient (Wildman–Crippen LogP) is 8.78. The highest BCUT2D eigenvalue weighted by atomic mass is 16.6. The highest BCUT2D eigenvalue weighted by molar-refractivity contribution is 5.72. The molecule has 31 heavy (non-hydrogen) atoms. The third-order valence-electron chi connectivity index (χ3n) is 5.65. The van der Waals surface area contributed by atoms with Gasteiger partial charge >= 0.3 is 11.9 Å². The molecule has 0 radical (unpaired) electrons. The number of carbonyl (C=O) groups excluding carboxylic acids is 2. The van der Waals surface area contributed by atoms with Crippen molar-refractivity contribution in [2.45, 2.75) is 150 Å². The SMILES string of the molecule is CCCCCCCCCCCCC(=O)O/C(CC)=C(/CC)OC(=O)CCCCCCC. The van der Waals surface area contributed by atoms with Gasteiger partial charge in [0.25, 0.3) is 0 Å². The summed E-state index contributed by atoms with van der Waals surface area (Å²) in [6, 6.07) is 0. The molecule has 182 valence electrons. The van der Waals surface area contributed by atoms with Gasteiger partial charge in [-0.25, -0.2) is 0 Å². The van der Waals surface area contributed by atoms with Crippen LogP contribution in [-0.2, 0) is 19.1 Å². The van der Waals surface area contributed by atoms with Gasteiger partial charge in [-0.1, -0.05) is 111 Å². The summed E-state index contributed by atoms with van der Waals surface area (Å²) in [6.45, 7) is 8.28. The lowest BCUT2D eigenvalue weighted by molar-refractivity contribution is -0.144. The maximum Gasteiger partial charge on any atom is 0.310 e. The van der Waals surface area contributed by atoms with Crippen LogP contribution in [-0.4, -0.2) is 11.9 Å². The number of hydrogen-bond donors (Lipinski definition) is 0. The van der Waals surface area contributed by atoms with Gasteiger partial charge in [0, 0.05) is 25.7 Å². The number of unbranched alkanes of at least 4 members (excludes halogenated alkanes) is 13. The zero-order valence-corrected chi connectivity index (χ0v) is 21.1. The molecule has 0 amide bonds. The molecule has 4 heteroatoms. The van der Waals surface area contributed by atoms with E-state index in [0.717, 1.165) is 32.1 Å². The minimum atomic E-state index is -0.218. The van der Waals surface area contributed by atoms with Crippen molar-refractivity contribution in [2.75, 3.05) is 0 Å². The fourth-order valence-corrected chi connectivity index (χ4v) is 3.66. The van der Waals surface area contributed by atoms with Gasteiger partial charge in [-0.05, 0) is 12.8 Å². The average molecular weight is 439 g/mol. The van der Waals surface area contributed by atoms with E-state index in [1.165, 1.54) is 64.2 Å². The van der Waals surface area contributed by atoms with Crippen molar-refractivity contribution < 1.29 is 19.1 Å². The van der Waals surface area contributed by atoms with Crippen LogP contribution in [0.15, 0.2) is 11.5 Å². The van der Waals surface area contributed by atoms with Gasteiger partial charge in [-0.3, -0.25) is 9.59 Å². The minimum absolute atomic E-state index is 0.210. The fourth-order valence-electron chi connectivity index (χ4n) is 3.66. The Morgan fingerprint density at radius 3 is 1.03 bits per heavy atom. The largest absolute Gasteiger partial charge is 0.427 e. The van der Waals surface area contributed by atoms with Crippen molar-refractivity contribution in [1.29, 1.82) is 0 Å². The second kappa shape index (κ2) is 21.9. The second-order valence-corrected chi connectivity index (χ2v) is 8.60. The zero-order chi connectivity index (χ0) is 23.2. The third kappa shape index (κ3) is 18.0. The lowest BCUT2D eigenvalue weighted by Gasteiger charge is -2.13. The molecule has 0 fully saturated rings. The molecule has 0 N–H and O–H groups in total. The van der Waals surface area contributed by atoms with Crippen molar-refractivity contribution in [2.24, 2.45) is 0 Å². The first kappa shape index (κ1) is 29.7. The molecular formula is C27H50O4. The zero-order valence-electron chi connectivity index (χ0n) is 21.1. The highest BCUT2D eigenvalue weighted by Crippen LogP contribution is 2.19. The first-order valence-electron chi connectivity index (χ1n) is 13.2. The number of hydrogen-bond acceptors (Lipinski definition) is 4. The lowest BCUT2D eigenvalue weighted by Crippen LogP contribution is -2.11. The molecule has 0 saturated carbocycles. The predicted molar refractivity (Wildman–Crippen MR) is 130 cm³/mol. The molecular weight excluding hydrogens is 388 g/mol. The summed E-state index contributed by atoms with van der Waals surface area (Å²) in [4.78, 5) is 24.4. The molecule has 0 aromatic heterocycles. The van der Waals surface area contributed by atoms with Gasteiger partial charge in [0.2, 0.25) is 0 Å². The van der Waals surface area contributed by atoms with Crippen molar-refractivity contribution in [3.8, 4) is 0 Å². The van der Waals surface area contributed by atoms with E-state index in [4.69, 9.17) is 9.47 Å². The molecule has 0 aromatic carbocycles. The van der Waals surface area contributed by atoms with Crippen molar-refractivity contribution in [3.05, 3.63) is 11.5 Å². The molecule has 0 saturated heterocycles. The average Bonchev–Trinajstić information content (AvgIpc) is 2.77.